The van der Waals surface area contributed by atoms with E-state index in [1.54, 1.807) is 0 Å². The van der Waals surface area contributed by atoms with E-state index in [0.717, 1.165) is 60.3 Å². The fraction of sp³-hybridized carbons (Fsp3) is 0. The third-order valence-corrected chi connectivity index (χ3v) is 10.0. The molecule has 11 aromatic rings. The van der Waals surface area contributed by atoms with Gasteiger partial charge in [-0.2, -0.15) is 9.97 Å². The zero-order chi connectivity index (χ0) is 32.8. The number of para-hydroxylation sites is 1. The van der Waals surface area contributed by atoms with Crippen molar-refractivity contribution in [1.29, 1.82) is 0 Å². The van der Waals surface area contributed by atoms with Crippen molar-refractivity contribution in [3.63, 3.8) is 0 Å². The van der Waals surface area contributed by atoms with Gasteiger partial charge in [-0.3, -0.25) is 4.57 Å². The molecule has 0 aliphatic rings. The Morgan fingerprint density at radius 1 is 0.420 bits per heavy atom. The fourth-order valence-corrected chi connectivity index (χ4v) is 7.73. The normalized spacial score (nSPS) is 12.0. The van der Waals surface area contributed by atoms with Crippen molar-refractivity contribution < 1.29 is 4.42 Å². The summed E-state index contributed by atoms with van der Waals surface area (Å²) in [5.41, 5.74) is 5.41. The molecular formula is C45H26N4O. The van der Waals surface area contributed by atoms with Crippen molar-refractivity contribution >= 4 is 76.1 Å². The quantitative estimate of drug-likeness (QED) is 0.193. The van der Waals surface area contributed by atoms with Gasteiger partial charge in [0.1, 0.15) is 11.2 Å². The lowest BCUT2D eigenvalue weighted by molar-refractivity contribution is 0.669. The van der Waals surface area contributed by atoms with Gasteiger partial charge in [-0.15, -0.1) is 0 Å². The van der Waals surface area contributed by atoms with Crippen molar-refractivity contribution in [2.75, 3.05) is 0 Å². The van der Waals surface area contributed by atoms with E-state index in [2.05, 4.69) is 126 Å². The van der Waals surface area contributed by atoms with E-state index in [0.29, 0.717) is 17.6 Å². The summed E-state index contributed by atoms with van der Waals surface area (Å²) in [5.74, 6) is 1.71. The third-order valence-electron chi connectivity index (χ3n) is 10.0. The number of rotatable bonds is 3. The third kappa shape index (κ3) is 3.92. The van der Waals surface area contributed by atoms with Gasteiger partial charge >= 0.3 is 0 Å². The molecule has 0 spiro atoms. The summed E-state index contributed by atoms with van der Waals surface area (Å²) in [6.45, 7) is 0. The summed E-state index contributed by atoms with van der Waals surface area (Å²) in [4.78, 5) is 15.6. The summed E-state index contributed by atoms with van der Waals surface area (Å²) >= 11 is 0. The van der Waals surface area contributed by atoms with Crippen LogP contribution in [0.3, 0.4) is 0 Å². The van der Waals surface area contributed by atoms with Crippen LogP contribution < -0.4 is 0 Å². The first-order valence-electron chi connectivity index (χ1n) is 16.8. The van der Waals surface area contributed by atoms with E-state index in [9.17, 15) is 0 Å². The molecule has 232 valence electrons. The van der Waals surface area contributed by atoms with Crippen LogP contribution in [-0.4, -0.2) is 19.5 Å². The second-order valence-corrected chi connectivity index (χ2v) is 12.8. The Bertz CT molecular complexity index is 3160. The zero-order valence-corrected chi connectivity index (χ0v) is 26.7. The number of fused-ring (bicyclic) bond motifs is 11. The van der Waals surface area contributed by atoms with E-state index in [1.807, 2.05) is 36.4 Å². The molecule has 8 aromatic carbocycles. The van der Waals surface area contributed by atoms with Crippen LogP contribution in [0.5, 0.6) is 0 Å². The first-order valence-corrected chi connectivity index (χ1v) is 16.8. The van der Waals surface area contributed by atoms with Gasteiger partial charge in [0.25, 0.3) is 0 Å². The Balaban J connectivity index is 1.26. The van der Waals surface area contributed by atoms with E-state index in [-0.39, 0.29) is 0 Å². The molecule has 0 atom stereocenters. The van der Waals surface area contributed by atoms with Crippen LogP contribution in [0.2, 0.25) is 0 Å². The van der Waals surface area contributed by atoms with Gasteiger partial charge < -0.3 is 4.42 Å². The smallest absolute Gasteiger partial charge is 0.238 e. The molecule has 0 radical (unpaired) electrons. The molecule has 0 aliphatic carbocycles. The molecule has 0 unspecified atom stereocenters. The standard InChI is InChI=1S/C45H26N4O/c1-2-13-29(14-3-1)43-46-44(35-20-10-19-34-41-33-18-9-7-12-28(33)22-24-39(41)50-42(34)35)48-45(47-43)49-37-23-21-27-11-6-8-17-32(27)40(37)36-25-30-15-4-5-16-31(30)26-38(36)49/h1-26H. The van der Waals surface area contributed by atoms with Gasteiger partial charge in [0.15, 0.2) is 11.6 Å². The minimum Gasteiger partial charge on any atom is -0.455 e. The monoisotopic (exact) mass is 638 g/mol. The molecule has 0 saturated carbocycles. The van der Waals surface area contributed by atoms with Gasteiger partial charge in [-0.05, 0) is 62.6 Å². The molecule has 0 bridgehead atoms. The Morgan fingerprint density at radius 2 is 1.06 bits per heavy atom. The van der Waals surface area contributed by atoms with Gasteiger partial charge in [0, 0.05) is 27.1 Å². The molecule has 3 aromatic heterocycles. The summed E-state index contributed by atoms with van der Waals surface area (Å²) < 4.78 is 8.85. The van der Waals surface area contributed by atoms with Crippen LogP contribution in [0, 0.1) is 0 Å². The largest absolute Gasteiger partial charge is 0.455 e. The molecule has 3 heterocycles. The summed E-state index contributed by atoms with van der Waals surface area (Å²) in [6, 6.07) is 55.0. The molecule has 50 heavy (non-hydrogen) atoms. The van der Waals surface area contributed by atoms with Crippen LogP contribution in [0.15, 0.2) is 162 Å². The Morgan fingerprint density at radius 3 is 1.86 bits per heavy atom. The minimum atomic E-state index is 0.554. The number of furan rings is 1. The molecule has 0 N–H and O–H groups in total. The van der Waals surface area contributed by atoms with Crippen molar-refractivity contribution in [3.8, 4) is 28.7 Å². The average molecular weight is 639 g/mol. The Labute approximate surface area is 285 Å². The first-order chi connectivity index (χ1) is 24.8. The second kappa shape index (κ2) is 10.3. The van der Waals surface area contributed by atoms with E-state index in [4.69, 9.17) is 19.4 Å². The summed E-state index contributed by atoms with van der Waals surface area (Å²) in [5, 5.41) is 11.5. The van der Waals surface area contributed by atoms with Gasteiger partial charge in [0.05, 0.1) is 16.6 Å². The van der Waals surface area contributed by atoms with Gasteiger partial charge in [-0.1, -0.05) is 127 Å². The van der Waals surface area contributed by atoms with Crippen LogP contribution in [0.1, 0.15) is 0 Å². The highest BCUT2D eigenvalue weighted by Gasteiger charge is 2.22. The molecule has 5 heteroatoms. The molecule has 0 aliphatic heterocycles. The number of hydrogen-bond donors (Lipinski definition) is 0. The zero-order valence-electron chi connectivity index (χ0n) is 26.7. The molecule has 5 nitrogen and oxygen atoms in total. The topological polar surface area (TPSA) is 56.7 Å². The predicted octanol–water partition coefficient (Wildman–Crippen LogP) is 11.7. The summed E-state index contributed by atoms with van der Waals surface area (Å²) in [7, 11) is 0. The van der Waals surface area contributed by atoms with Crippen molar-refractivity contribution in [1.82, 2.24) is 19.5 Å². The SMILES string of the molecule is c1ccc(-c2nc(-c3cccc4c3oc3ccc5ccccc5c34)nc(-n3c4cc5ccccc5cc4c4c5ccccc5ccc43)n2)cc1. The van der Waals surface area contributed by atoms with Crippen molar-refractivity contribution in [3.05, 3.63) is 158 Å². The number of benzene rings is 8. The number of aromatic nitrogens is 4. The van der Waals surface area contributed by atoms with E-state index < -0.39 is 0 Å². The van der Waals surface area contributed by atoms with Crippen LogP contribution in [0.25, 0.3) is 105 Å². The van der Waals surface area contributed by atoms with Gasteiger partial charge in [0.2, 0.25) is 5.95 Å². The van der Waals surface area contributed by atoms with Crippen LogP contribution in [-0.2, 0) is 0 Å². The minimum absolute atomic E-state index is 0.554. The number of hydrogen-bond acceptors (Lipinski definition) is 4. The molecule has 0 saturated heterocycles. The Kier molecular flexibility index (Phi) is 5.60. The van der Waals surface area contributed by atoms with Gasteiger partial charge in [-0.25, -0.2) is 4.98 Å². The van der Waals surface area contributed by atoms with E-state index >= 15 is 0 Å². The Hall–Kier alpha value is -6.85. The highest BCUT2D eigenvalue weighted by Crippen LogP contribution is 2.41. The lowest BCUT2D eigenvalue weighted by Crippen LogP contribution is -2.06. The molecular weight excluding hydrogens is 613 g/mol. The molecule has 0 fully saturated rings. The summed E-state index contributed by atoms with van der Waals surface area (Å²) in [6.07, 6.45) is 0. The second-order valence-electron chi connectivity index (χ2n) is 12.8. The maximum atomic E-state index is 6.65. The average Bonchev–Trinajstić information content (AvgIpc) is 3.73. The predicted molar refractivity (Wildman–Crippen MR) is 205 cm³/mol. The molecule has 11 rings (SSSR count). The van der Waals surface area contributed by atoms with Crippen molar-refractivity contribution in [2.24, 2.45) is 0 Å². The maximum absolute atomic E-state index is 6.65. The number of nitrogens with zero attached hydrogens (tertiary/aromatic N) is 4. The van der Waals surface area contributed by atoms with Crippen molar-refractivity contribution in [2.45, 2.75) is 0 Å². The van der Waals surface area contributed by atoms with Crippen LogP contribution >= 0.6 is 0 Å². The fourth-order valence-electron chi connectivity index (χ4n) is 7.73. The molecule has 0 amide bonds. The van der Waals surface area contributed by atoms with Crippen LogP contribution in [0.4, 0.5) is 0 Å². The maximum Gasteiger partial charge on any atom is 0.238 e. The van der Waals surface area contributed by atoms with E-state index in [1.165, 1.54) is 26.9 Å². The highest BCUT2D eigenvalue weighted by atomic mass is 16.3. The lowest BCUT2D eigenvalue weighted by Gasteiger charge is -2.11. The first kappa shape index (κ1) is 27.1. The lowest BCUT2D eigenvalue weighted by atomic mass is 10.0. The highest BCUT2D eigenvalue weighted by molar-refractivity contribution is 6.23.